The quantitative estimate of drug-likeness (QED) is 0.328. The van der Waals surface area contributed by atoms with Gasteiger partial charge >= 0.3 is 0 Å². The number of pyridine rings is 1. The molecule has 9 nitrogen and oxygen atoms in total. The molecule has 0 fully saturated rings. The average Bonchev–Trinajstić information content (AvgIpc) is 3.16. The predicted octanol–water partition coefficient (Wildman–Crippen LogP) is 1.65. The summed E-state index contributed by atoms with van der Waals surface area (Å²) in [7, 11) is 0. The van der Waals surface area contributed by atoms with Gasteiger partial charge < -0.3 is 26.5 Å². The van der Waals surface area contributed by atoms with E-state index in [1.807, 2.05) is 13.8 Å². The van der Waals surface area contributed by atoms with Crippen molar-refractivity contribution >= 4 is 33.7 Å². The number of nitrogens with zero attached hydrogens (tertiary/aromatic N) is 2. The lowest BCUT2D eigenvalue weighted by molar-refractivity contribution is 0.468. The van der Waals surface area contributed by atoms with Crippen molar-refractivity contribution in [1.82, 2.24) is 24.9 Å². The van der Waals surface area contributed by atoms with Crippen LogP contribution in [0.3, 0.4) is 0 Å². The Bertz CT molecular complexity index is 1200. The first-order valence-electron chi connectivity index (χ1n) is 8.18. The Morgan fingerprint density at radius 3 is 2.77 bits per heavy atom. The second-order valence-corrected chi connectivity index (χ2v) is 6.56. The standard InChI is InChI=1S/C17H19N7O2/c1-6(8-4-9-12(21-8)16(26)24-17(19)23-9)3-10-14(25)11-7(2)5-20-13(11)15(18)22-10/h4-6,20-21,25H,3H2,1-2H3,(H2,18,22)(H3,19,23,24,26). The molecular weight excluding hydrogens is 334 g/mol. The van der Waals surface area contributed by atoms with Gasteiger partial charge in [-0.25, -0.2) is 9.97 Å². The Labute approximate surface area is 147 Å². The molecule has 0 aromatic carbocycles. The Morgan fingerprint density at radius 2 is 2.00 bits per heavy atom. The molecule has 0 saturated carbocycles. The number of aromatic nitrogens is 5. The Balaban J connectivity index is 1.75. The first kappa shape index (κ1) is 16.0. The minimum atomic E-state index is -0.319. The zero-order chi connectivity index (χ0) is 18.6. The van der Waals surface area contributed by atoms with E-state index in [0.717, 1.165) is 11.3 Å². The maximum absolute atomic E-state index is 12.0. The highest BCUT2D eigenvalue weighted by atomic mass is 16.3. The van der Waals surface area contributed by atoms with Crippen LogP contribution in [-0.2, 0) is 6.42 Å². The van der Waals surface area contributed by atoms with E-state index in [1.165, 1.54) is 0 Å². The smallest absolute Gasteiger partial charge is 0.276 e. The molecule has 0 amide bonds. The van der Waals surface area contributed by atoms with Crippen LogP contribution in [0.25, 0.3) is 21.9 Å². The van der Waals surface area contributed by atoms with Gasteiger partial charge in [0.2, 0.25) is 5.95 Å². The first-order valence-corrected chi connectivity index (χ1v) is 8.18. The normalized spacial score (nSPS) is 12.8. The Kier molecular flexibility index (Phi) is 3.39. The van der Waals surface area contributed by atoms with Gasteiger partial charge in [0.05, 0.1) is 16.7 Å². The summed E-state index contributed by atoms with van der Waals surface area (Å²) in [6, 6.07) is 1.78. The molecule has 4 rings (SSSR count). The summed E-state index contributed by atoms with van der Waals surface area (Å²) < 4.78 is 0. The molecule has 0 aliphatic heterocycles. The summed E-state index contributed by atoms with van der Waals surface area (Å²) in [5.41, 5.74) is 15.0. The number of rotatable bonds is 3. The van der Waals surface area contributed by atoms with E-state index in [-0.39, 0.29) is 23.2 Å². The third-order valence-electron chi connectivity index (χ3n) is 4.66. The molecule has 4 aromatic rings. The van der Waals surface area contributed by atoms with E-state index in [0.29, 0.717) is 39.9 Å². The van der Waals surface area contributed by atoms with Crippen LogP contribution in [0.4, 0.5) is 11.8 Å². The van der Waals surface area contributed by atoms with Crippen molar-refractivity contribution < 1.29 is 5.11 Å². The van der Waals surface area contributed by atoms with Gasteiger partial charge in [0.15, 0.2) is 0 Å². The molecule has 8 N–H and O–H groups in total. The molecule has 0 aliphatic carbocycles. The second kappa shape index (κ2) is 5.51. The van der Waals surface area contributed by atoms with E-state index in [9.17, 15) is 9.90 Å². The van der Waals surface area contributed by atoms with Crippen LogP contribution in [0.2, 0.25) is 0 Å². The molecule has 1 atom stereocenters. The fraction of sp³-hybridized carbons (Fsp3) is 0.235. The maximum Gasteiger partial charge on any atom is 0.276 e. The van der Waals surface area contributed by atoms with Crippen molar-refractivity contribution in [2.75, 3.05) is 11.5 Å². The number of nitrogen functional groups attached to an aromatic ring is 2. The van der Waals surface area contributed by atoms with Crippen LogP contribution in [-0.4, -0.2) is 30.0 Å². The number of nitrogens with two attached hydrogens (primary N) is 2. The molecule has 0 bridgehead atoms. The van der Waals surface area contributed by atoms with Gasteiger partial charge in [-0.3, -0.25) is 9.78 Å². The van der Waals surface area contributed by atoms with E-state index in [4.69, 9.17) is 11.5 Å². The van der Waals surface area contributed by atoms with Gasteiger partial charge in [0, 0.05) is 29.6 Å². The number of hydrogen-bond donors (Lipinski definition) is 6. The first-order chi connectivity index (χ1) is 12.3. The van der Waals surface area contributed by atoms with Crippen molar-refractivity contribution in [2.24, 2.45) is 0 Å². The highest BCUT2D eigenvalue weighted by Gasteiger charge is 2.19. The van der Waals surface area contributed by atoms with E-state index < -0.39 is 0 Å². The molecule has 1 unspecified atom stereocenters. The summed E-state index contributed by atoms with van der Waals surface area (Å²) in [6.07, 6.45) is 2.23. The summed E-state index contributed by atoms with van der Waals surface area (Å²) in [5, 5.41) is 11.3. The molecule has 0 saturated heterocycles. The lowest BCUT2D eigenvalue weighted by atomic mass is 9.99. The molecule has 9 heteroatoms. The molecule has 0 spiro atoms. The van der Waals surface area contributed by atoms with Crippen molar-refractivity contribution in [3.8, 4) is 5.75 Å². The Morgan fingerprint density at radius 1 is 1.23 bits per heavy atom. The van der Waals surface area contributed by atoms with Crippen LogP contribution in [0.15, 0.2) is 17.1 Å². The molecule has 0 radical (unpaired) electrons. The summed E-state index contributed by atoms with van der Waals surface area (Å²) >= 11 is 0. The van der Waals surface area contributed by atoms with Gasteiger partial charge in [-0.15, -0.1) is 0 Å². The maximum atomic E-state index is 12.0. The lowest BCUT2D eigenvalue weighted by Crippen LogP contribution is -2.10. The number of aromatic hydroxyl groups is 1. The minimum absolute atomic E-state index is 0.0562. The zero-order valence-corrected chi connectivity index (χ0v) is 14.3. The SMILES string of the molecule is Cc1c[nH]c2c(N)nc(CC(C)c3cc4nc(N)[nH]c(=O)c4[nH]3)c(O)c12. The number of hydrogen-bond acceptors (Lipinski definition) is 6. The highest BCUT2D eigenvalue weighted by Crippen LogP contribution is 2.35. The molecule has 4 heterocycles. The second-order valence-electron chi connectivity index (χ2n) is 6.56. The molecular formula is C17H19N7O2. The van der Waals surface area contributed by atoms with Crippen molar-refractivity contribution in [2.45, 2.75) is 26.2 Å². The van der Waals surface area contributed by atoms with Crippen molar-refractivity contribution in [1.29, 1.82) is 0 Å². The van der Waals surface area contributed by atoms with Crippen LogP contribution < -0.4 is 17.0 Å². The molecule has 26 heavy (non-hydrogen) atoms. The number of aromatic amines is 3. The van der Waals surface area contributed by atoms with E-state index in [2.05, 4.69) is 24.9 Å². The number of aryl methyl sites for hydroxylation is 1. The van der Waals surface area contributed by atoms with Crippen molar-refractivity contribution in [3.63, 3.8) is 0 Å². The third kappa shape index (κ3) is 2.36. The van der Waals surface area contributed by atoms with Gasteiger partial charge in [-0.05, 0) is 18.6 Å². The molecule has 0 aliphatic rings. The number of H-pyrrole nitrogens is 3. The summed E-state index contributed by atoms with van der Waals surface area (Å²) in [5.74, 6) is 0.479. The predicted molar refractivity (Wildman–Crippen MR) is 100 cm³/mol. The fourth-order valence-electron chi connectivity index (χ4n) is 3.30. The third-order valence-corrected chi connectivity index (χ3v) is 4.66. The number of nitrogens with one attached hydrogen (secondary N) is 3. The van der Waals surface area contributed by atoms with Gasteiger partial charge in [-0.1, -0.05) is 6.92 Å². The largest absolute Gasteiger partial charge is 0.505 e. The monoisotopic (exact) mass is 353 g/mol. The Hall–Kier alpha value is -3.49. The van der Waals surface area contributed by atoms with E-state index in [1.54, 1.807) is 12.3 Å². The summed E-state index contributed by atoms with van der Waals surface area (Å²) in [4.78, 5) is 29.0. The highest BCUT2D eigenvalue weighted by molar-refractivity contribution is 5.95. The molecule has 134 valence electrons. The van der Waals surface area contributed by atoms with Crippen LogP contribution >= 0.6 is 0 Å². The van der Waals surface area contributed by atoms with Gasteiger partial charge in [0.1, 0.15) is 17.1 Å². The van der Waals surface area contributed by atoms with Gasteiger partial charge in [-0.2, -0.15) is 0 Å². The van der Waals surface area contributed by atoms with Crippen molar-refractivity contribution in [3.05, 3.63) is 39.6 Å². The molecule has 4 aromatic heterocycles. The average molecular weight is 353 g/mol. The minimum Gasteiger partial charge on any atom is -0.505 e. The fourth-order valence-corrected chi connectivity index (χ4v) is 3.30. The van der Waals surface area contributed by atoms with Crippen LogP contribution in [0.5, 0.6) is 5.75 Å². The van der Waals surface area contributed by atoms with Gasteiger partial charge in [0.25, 0.3) is 5.56 Å². The van der Waals surface area contributed by atoms with E-state index >= 15 is 0 Å². The summed E-state index contributed by atoms with van der Waals surface area (Å²) in [6.45, 7) is 3.86. The zero-order valence-electron chi connectivity index (χ0n) is 14.3. The lowest BCUT2D eigenvalue weighted by Gasteiger charge is -2.12. The van der Waals surface area contributed by atoms with Crippen LogP contribution in [0.1, 0.15) is 29.8 Å². The topological polar surface area (TPSA) is 162 Å². The number of anilines is 2. The van der Waals surface area contributed by atoms with Crippen LogP contribution in [0, 0.1) is 6.92 Å². The number of fused-ring (bicyclic) bond motifs is 2.